The van der Waals surface area contributed by atoms with Gasteiger partial charge in [0.25, 0.3) is 0 Å². The molecular formula is C20H25N5O3S. The van der Waals surface area contributed by atoms with Crippen molar-refractivity contribution in [2.45, 2.75) is 69.4 Å². The fourth-order valence-electron chi connectivity index (χ4n) is 4.73. The zero-order chi connectivity index (χ0) is 20.6. The van der Waals surface area contributed by atoms with Crippen molar-refractivity contribution in [1.82, 2.24) is 9.78 Å². The largest absolute Gasteiger partial charge is 0.469 e. The lowest BCUT2D eigenvalue weighted by Crippen LogP contribution is -2.27. The summed E-state index contributed by atoms with van der Waals surface area (Å²) < 4.78 is 24.4. The van der Waals surface area contributed by atoms with Crippen molar-refractivity contribution in [3.05, 3.63) is 34.5 Å². The van der Waals surface area contributed by atoms with Crippen molar-refractivity contribution in [3.63, 3.8) is 0 Å². The first-order valence-corrected chi connectivity index (χ1v) is 11.5. The van der Waals surface area contributed by atoms with Crippen molar-refractivity contribution in [2.24, 2.45) is 9.50 Å². The van der Waals surface area contributed by atoms with E-state index in [4.69, 9.17) is 9.88 Å². The van der Waals surface area contributed by atoms with Gasteiger partial charge in [-0.2, -0.15) is 5.10 Å². The molecule has 29 heavy (non-hydrogen) atoms. The Hall–Kier alpha value is -2.39. The van der Waals surface area contributed by atoms with Crippen LogP contribution in [0.4, 0.5) is 10.5 Å². The minimum absolute atomic E-state index is 0.151. The molecule has 154 valence electrons. The molecule has 3 N–H and O–H groups in total. The minimum atomic E-state index is -3.49. The summed E-state index contributed by atoms with van der Waals surface area (Å²) in [5, 5.41) is 13.1. The predicted molar refractivity (Wildman–Crippen MR) is 110 cm³/mol. The summed E-state index contributed by atoms with van der Waals surface area (Å²) in [5.74, 6) is 0.709. The maximum Gasteiger partial charge on any atom is 0.354 e. The van der Waals surface area contributed by atoms with Crippen LogP contribution < -0.4 is 15.2 Å². The maximum absolute atomic E-state index is 13.1. The molecule has 1 aromatic heterocycles. The molecule has 2 amide bonds. The zero-order valence-electron chi connectivity index (χ0n) is 16.8. The van der Waals surface area contributed by atoms with E-state index in [0.717, 1.165) is 31.4 Å². The number of hydrogen-bond donors (Lipinski definition) is 2. The van der Waals surface area contributed by atoms with Gasteiger partial charge < -0.3 is 10.1 Å². The van der Waals surface area contributed by atoms with E-state index in [0.29, 0.717) is 18.3 Å². The number of rotatable bonds is 2. The number of aryl methyl sites for hydroxylation is 1. The van der Waals surface area contributed by atoms with Crippen molar-refractivity contribution in [2.75, 3.05) is 5.32 Å². The third-order valence-corrected chi connectivity index (χ3v) is 7.32. The first-order valence-electron chi connectivity index (χ1n) is 9.93. The van der Waals surface area contributed by atoms with Gasteiger partial charge in [-0.1, -0.05) is 13.0 Å². The van der Waals surface area contributed by atoms with Gasteiger partial charge in [0.2, 0.25) is 5.88 Å². The lowest BCUT2D eigenvalue weighted by molar-refractivity contribution is 0.132. The summed E-state index contributed by atoms with van der Waals surface area (Å²) >= 11 is 0. The second-order valence-electron chi connectivity index (χ2n) is 8.84. The van der Waals surface area contributed by atoms with Crippen molar-refractivity contribution in [3.8, 4) is 5.88 Å². The topological polar surface area (TPSA) is 112 Å². The molecule has 1 aromatic carbocycles. The summed E-state index contributed by atoms with van der Waals surface area (Å²) in [6, 6.07) is 1.57. The first-order chi connectivity index (χ1) is 13.6. The quantitative estimate of drug-likeness (QED) is 0.785. The number of carbonyl (C=O) groups is 1. The normalized spacial score (nSPS) is 22.6. The average molecular weight is 416 g/mol. The highest BCUT2D eigenvalue weighted by atomic mass is 32.2. The molecule has 2 aromatic rings. The SMILES string of the molecule is CC1Cc2cc3c(c(NC(=O)N=S(N)(=O)c4cnn5c4OC(C)(C)C5)c21)CCC3. The molecule has 0 radical (unpaired) electrons. The van der Waals surface area contributed by atoms with Gasteiger partial charge in [0.1, 0.15) is 10.5 Å². The van der Waals surface area contributed by atoms with Gasteiger partial charge >= 0.3 is 6.03 Å². The summed E-state index contributed by atoms with van der Waals surface area (Å²) in [6.07, 6.45) is 5.43. The van der Waals surface area contributed by atoms with Crippen molar-refractivity contribution >= 4 is 21.6 Å². The van der Waals surface area contributed by atoms with E-state index in [-0.39, 0.29) is 4.90 Å². The Morgan fingerprint density at radius 2 is 2.21 bits per heavy atom. The molecule has 0 bridgehead atoms. The van der Waals surface area contributed by atoms with E-state index in [2.05, 4.69) is 27.8 Å². The molecule has 1 aliphatic heterocycles. The number of aromatic nitrogens is 2. The molecule has 5 rings (SSSR count). The number of nitrogens with two attached hydrogens (primary N) is 1. The molecule has 0 fully saturated rings. The standard InChI is InChI=1S/C20H25N5O3S/c1-11-7-13-8-12-5-4-6-14(12)17(16(11)13)23-19(26)24-29(21,27)15-9-22-25-10-20(2,3)28-18(15)25/h8-9,11H,4-7,10H2,1-3H3,(H3,21,23,24,26,27). The van der Waals surface area contributed by atoms with Crippen LogP contribution in [0.5, 0.6) is 5.88 Å². The van der Waals surface area contributed by atoms with Crippen LogP contribution in [0, 0.1) is 0 Å². The van der Waals surface area contributed by atoms with E-state index in [1.165, 1.54) is 28.5 Å². The number of nitrogens with one attached hydrogen (secondary N) is 1. The Kier molecular flexibility index (Phi) is 3.89. The van der Waals surface area contributed by atoms with E-state index < -0.39 is 21.5 Å². The Labute approximate surface area is 170 Å². The fraction of sp³-hybridized carbons (Fsp3) is 0.500. The Bertz CT molecular complexity index is 1170. The number of nitrogens with zero attached hydrogens (tertiary/aromatic N) is 3. The number of urea groups is 1. The lowest BCUT2D eigenvalue weighted by Gasteiger charge is -2.31. The number of fused-ring (bicyclic) bond motifs is 3. The number of carbonyl (C=O) groups excluding carboxylic acids is 1. The molecule has 9 heteroatoms. The van der Waals surface area contributed by atoms with E-state index in [9.17, 15) is 9.00 Å². The number of anilines is 1. The predicted octanol–water partition coefficient (Wildman–Crippen LogP) is 3.14. The van der Waals surface area contributed by atoms with Gasteiger partial charge in [-0.3, -0.25) is 0 Å². The molecule has 2 unspecified atom stereocenters. The van der Waals surface area contributed by atoms with Crippen molar-refractivity contribution < 1.29 is 13.7 Å². The molecule has 8 nitrogen and oxygen atoms in total. The van der Waals surface area contributed by atoms with Crippen LogP contribution in [0.25, 0.3) is 0 Å². The number of benzene rings is 1. The van der Waals surface area contributed by atoms with Gasteiger partial charge in [-0.05, 0) is 67.7 Å². The Morgan fingerprint density at radius 3 is 2.97 bits per heavy atom. The second-order valence-corrected chi connectivity index (χ2v) is 10.6. The summed E-state index contributed by atoms with van der Waals surface area (Å²) in [4.78, 5) is 12.9. The molecule has 3 aliphatic rings. The van der Waals surface area contributed by atoms with Gasteiger partial charge in [-0.15, -0.1) is 4.36 Å². The Balaban J connectivity index is 1.48. The zero-order valence-corrected chi connectivity index (χ0v) is 17.6. The monoisotopic (exact) mass is 415 g/mol. The highest BCUT2D eigenvalue weighted by Crippen LogP contribution is 2.45. The summed E-state index contributed by atoms with van der Waals surface area (Å²) in [5.41, 5.74) is 5.30. The summed E-state index contributed by atoms with van der Waals surface area (Å²) in [6.45, 7) is 6.48. The van der Waals surface area contributed by atoms with Crippen LogP contribution in [0.3, 0.4) is 0 Å². The number of hydrogen-bond acceptors (Lipinski definition) is 4. The minimum Gasteiger partial charge on any atom is -0.469 e. The Morgan fingerprint density at radius 1 is 1.41 bits per heavy atom. The molecular weight excluding hydrogens is 390 g/mol. The van der Waals surface area contributed by atoms with Crippen LogP contribution in [-0.2, 0) is 35.7 Å². The van der Waals surface area contributed by atoms with Gasteiger partial charge in [-0.25, -0.2) is 18.8 Å². The second kappa shape index (κ2) is 6.06. The highest BCUT2D eigenvalue weighted by Gasteiger charge is 2.36. The molecule has 0 spiro atoms. The van der Waals surface area contributed by atoms with Gasteiger partial charge in [0.15, 0.2) is 9.92 Å². The fourth-order valence-corrected chi connectivity index (χ4v) is 5.71. The summed E-state index contributed by atoms with van der Waals surface area (Å²) in [7, 11) is -3.49. The molecule has 2 atom stereocenters. The number of ether oxygens (including phenoxy) is 1. The van der Waals surface area contributed by atoms with Crippen LogP contribution in [0.2, 0.25) is 0 Å². The number of amides is 2. The van der Waals surface area contributed by atoms with Crippen LogP contribution in [-0.4, -0.2) is 25.6 Å². The molecule has 0 saturated heterocycles. The third-order valence-electron chi connectivity index (χ3n) is 5.97. The van der Waals surface area contributed by atoms with Gasteiger partial charge in [0.05, 0.1) is 12.7 Å². The van der Waals surface area contributed by atoms with Crippen LogP contribution >= 0.6 is 0 Å². The average Bonchev–Trinajstić information content (AvgIpc) is 3.26. The van der Waals surface area contributed by atoms with E-state index in [1.807, 2.05) is 13.8 Å². The first kappa shape index (κ1) is 18.6. The van der Waals surface area contributed by atoms with Crippen LogP contribution in [0.15, 0.2) is 21.5 Å². The maximum atomic E-state index is 13.1. The van der Waals surface area contributed by atoms with Crippen molar-refractivity contribution in [1.29, 1.82) is 0 Å². The highest BCUT2D eigenvalue weighted by molar-refractivity contribution is 7.91. The van der Waals surface area contributed by atoms with Crippen LogP contribution in [0.1, 0.15) is 55.4 Å². The third kappa shape index (κ3) is 2.95. The lowest BCUT2D eigenvalue weighted by atomic mass is 9.75. The van der Waals surface area contributed by atoms with Gasteiger partial charge in [0, 0.05) is 5.69 Å². The molecule has 0 saturated carbocycles. The molecule has 2 heterocycles. The van der Waals surface area contributed by atoms with E-state index in [1.54, 1.807) is 4.68 Å². The van der Waals surface area contributed by atoms with E-state index >= 15 is 0 Å². The smallest absolute Gasteiger partial charge is 0.354 e. The molecule has 2 aliphatic carbocycles.